The second kappa shape index (κ2) is 4.28. The van der Waals surface area contributed by atoms with Crippen LogP contribution in [-0.2, 0) is 7.05 Å². The molecule has 3 aromatic rings. The van der Waals surface area contributed by atoms with Crippen molar-refractivity contribution in [2.75, 3.05) is 5.73 Å². The first-order chi connectivity index (χ1) is 9.15. The van der Waals surface area contributed by atoms with Gasteiger partial charge in [0.1, 0.15) is 5.82 Å². The number of nitrogen functional groups attached to an aromatic ring is 1. The maximum absolute atomic E-state index is 5.79. The monoisotopic (exact) mass is 253 g/mol. The minimum absolute atomic E-state index is 0.655. The van der Waals surface area contributed by atoms with Crippen molar-refractivity contribution in [3.63, 3.8) is 0 Å². The van der Waals surface area contributed by atoms with Gasteiger partial charge in [0.05, 0.1) is 11.4 Å². The molecule has 3 rings (SSSR count). The van der Waals surface area contributed by atoms with Crippen molar-refractivity contribution in [3.05, 3.63) is 48.3 Å². The average Bonchev–Trinajstić information content (AvgIpc) is 2.97. The van der Waals surface area contributed by atoms with Crippen LogP contribution < -0.4 is 5.73 Å². The third-order valence-corrected chi connectivity index (χ3v) is 3.16. The Hall–Kier alpha value is -2.56. The van der Waals surface area contributed by atoms with Crippen molar-refractivity contribution < 1.29 is 0 Å². The summed E-state index contributed by atoms with van der Waals surface area (Å²) in [5.41, 5.74) is 9.86. The van der Waals surface area contributed by atoms with Gasteiger partial charge in [0.15, 0.2) is 0 Å². The highest BCUT2D eigenvalue weighted by atomic mass is 15.3. The Labute approximate surface area is 111 Å². The number of nitrogens with zero attached hydrogens (tertiary/aromatic N) is 4. The molecule has 5 heteroatoms. The third-order valence-electron chi connectivity index (χ3n) is 3.16. The molecule has 0 aliphatic rings. The van der Waals surface area contributed by atoms with E-state index in [2.05, 4.69) is 10.2 Å². The summed E-state index contributed by atoms with van der Waals surface area (Å²) in [4.78, 5) is 0. The van der Waals surface area contributed by atoms with Crippen LogP contribution in [0, 0.1) is 6.92 Å². The molecular weight excluding hydrogens is 238 g/mol. The van der Waals surface area contributed by atoms with Crippen LogP contribution >= 0.6 is 0 Å². The fraction of sp³-hybridized carbons (Fsp3) is 0.143. The van der Waals surface area contributed by atoms with Gasteiger partial charge in [-0.15, -0.1) is 0 Å². The Balaban J connectivity index is 1.97. The zero-order valence-electron chi connectivity index (χ0n) is 10.9. The van der Waals surface area contributed by atoms with Crippen molar-refractivity contribution in [1.29, 1.82) is 0 Å². The molecule has 0 spiro atoms. The van der Waals surface area contributed by atoms with Gasteiger partial charge in [-0.05, 0) is 25.1 Å². The topological polar surface area (TPSA) is 61.7 Å². The molecule has 0 bridgehead atoms. The molecule has 0 saturated heterocycles. The Morgan fingerprint density at radius 2 is 1.84 bits per heavy atom. The predicted molar refractivity (Wildman–Crippen MR) is 74.9 cm³/mol. The van der Waals surface area contributed by atoms with Crippen LogP contribution in [0.25, 0.3) is 16.9 Å². The van der Waals surface area contributed by atoms with Gasteiger partial charge in [0, 0.05) is 30.6 Å². The molecule has 1 aromatic carbocycles. The van der Waals surface area contributed by atoms with E-state index in [1.807, 2.05) is 55.1 Å². The predicted octanol–water partition coefficient (Wildman–Crippen LogP) is 2.16. The molecule has 0 radical (unpaired) electrons. The van der Waals surface area contributed by atoms with E-state index in [9.17, 15) is 0 Å². The molecule has 2 N–H and O–H groups in total. The number of rotatable bonds is 2. The molecular formula is C14H15N5. The molecule has 0 saturated carbocycles. The van der Waals surface area contributed by atoms with Crippen LogP contribution in [0.3, 0.4) is 0 Å². The quantitative estimate of drug-likeness (QED) is 0.761. The van der Waals surface area contributed by atoms with E-state index in [1.54, 1.807) is 10.9 Å². The van der Waals surface area contributed by atoms with E-state index in [0.29, 0.717) is 5.82 Å². The molecule has 2 heterocycles. The standard InChI is InChI=1S/C14H15N5/c1-10-7-8-16-19(10)12-5-3-11(4-6-12)13-9-14(15)18(2)17-13/h3-9H,15H2,1-2H3. The van der Waals surface area contributed by atoms with Gasteiger partial charge in [0.25, 0.3) is 0 Å². The van der Waals surface area contributed by atoms with Crippen LogP contribution in [-0.4, -0.2) is 19.6 Å². The average molecular weight is 253 g/mol. The van der Waals surface area contributed by atoms with Crippen molar-refractivity contribution in [3.8, 4) is 16.9 Å². The number of aryl methyl sites for hydroxylation is 2. The first-order valence-corrected chi connectivity index (χ1v) is 6.06. The first kappa shape index (κ1) is 11.5. The normalized spacial score (nSPS) is 10.8. The van der Waals surface area contributed by atoms with Crippen LogP contribution in [0.5, 0.6) is 0 Å². The van der Waals surface area contributed by atoms with Gasteiger partial charge in [-0.1, -0.05) is 12.1 Å². The first-order valence-electron chi connectivity index (χ1n) is 6.06. The van der Waals surface area contributed by atoms with Crippen molar-refractivity contribution >= 4 is 5.82 Å². The molecule has 0 unspecified atom stereocenters. The number of nitrogens with two attached hydrogens (primary N) is 1. The minimum atomic E-state index is 0.655. The van der Waals surface area contributed by atoms with Crippen LogP contribution in [0.15, 0.2) is 42.6 Å². The summed E-state index contributed by atoms with van der Waals surface area (Å²) in [5, 5.41) is 8.64. The highest BCUT2D eigenvalue weighted by molar-refractivity contribution is 5.63. The Morgan fingerprint density at radius 1 is 1.11 bits per heavy atom. The van der Waals surface area contributed by atoms with Gasteiger partial charge in [-0.3, -0.25) is 4.68 Å². The summed E-state index contributed by atoms with van der Waals surface area (Å²) in [5.74, 6) is 0.655. The van der Waals surface area contributed by atoms with Crippen LogP contribution in [0.4, 0.5) is 5.82 Å². The number of benzene rings is 1. The van der Waals surface area contributed by atoms with Crippen molar-refractivity contribution in [2.45, 2.75) is 6.92 Å². The summed E-state index contributed by atoms with van der Waals surface area (Å²) in [6.07, 6.45) is 1.79. The van der Waals surface area contributed by atoms with Crippen molar-refractivity contribution in [1.82, 2.24) is 19.6 Å². The second-order valence-corrected chi connectivity index (χ2v) is 4.51. The minimum Gasteiger partial charge on any atom is -0.384 e. The lowest BCUT2D eigenvalue weighted by atomic mass is 10.1. The number of anilines is 1. The number of aromatic nitrogens is 4. The Bertz CT molecular complexity index is 686. The molecule has 19 heavy (non-hydrogen) atoms. The van der Waals surface area contributed by atoms with Crippen LogP contribution in [0.1, 0.15) is 5.69 Å². The van der Waals surface area contributed by atoms with Gasteiger partial charge >= 0.3 is 0 Å². The summed E-state index contributed by atoms with van der Waals surface area (Å²) in [6.45, 7) is 2.03. The third kappa shape index (κ3) is 1.99. The van der Waals surface area contributed by atoms with Crippen molar-refractivity contribution in [2.24, 2.45) is 7.05 Å². The zero-order valence-corrected chi connectivity index (χ0v) is 10.9. The lowest BCUT2D eigenvalue weighted by Gasteiger charge is -2.04. The molecule has 2 aromatic heterocycles. The molecule has 96 valence electrons. The summed E-state index contributed by atoms with van der Waals surface area (Å²) >= 11 is 0. The smallest absolute Gasteiger partial charge is 0.121 e. The lowest BCUT2D eigenvalue weighted by Crippen LogP contribution is -1.98. The molecule has 0 amide bonds. The largest absolute Gasteiger partial charge is 0.384 e. The fourth-order valence-corrected chi connectivity index (χ4v) is 2.04. The van der Waals surface area contributed by atoms with Gasteiger partial charge in [0.2, 0.25) is 0 Å². The molecule has 5 nitrogen and oxygen atoms in total. The van der Waals surface area contributed by atoms with Gasteiger partial charge in [-0.25, -0.2) is 4.68 Å². The zero-order chi connectivity index (χ0) is 13.4. The second-order valence-electron chi connectivity index (χ2n) is 4.51. The maximum Gasteiger partial charge on any atom is 0.121 e. The van der Waals surface area contributed by atoms with Gasteiger partial charge in [-0.2, -0.15) is 10.2 Å². The van der Waals surface area contributed by atoms with Crippen LogP contribution in [0.2, 0.25) is 0 Å². The molecule has 0 aliphatic heterocycles. The van der Waals surface area contributed by atoms with E-state index >= 15 is 0 Å². The number of hydrogen-bond acceptors (Lipinski definition) is 3. The van der Waals surface area contributed by atoms with E-state index in [-0.39, 0.29) is 0 Å². The SMILES string of the molecule is Cc1ccnn1-c1ccc(-c2cc(N)n(C)n2)cc1. The highest BCUT2D eigenvalue weighted by Crippen LogP contribution is 2.21. The lowest BCUT2D eigenvalue weighted by molar-refractivity contribution is 0.782. The van der Waals surface area contributed by atoms with E-state index in [1.165, 1.54) is 0 Å². The summed E-state index contributed by atoms with van der Waals surface area (Å²) < 4.78 is 3.57. The van der Waals surface area contributed by atoms with E-state index in [0.717, 1.165) is 22.6 Å². The molecule has 0 atom stereocenters. The number of hydrogen-bond donors (Lipinski definition) is 1. The van der Waals surface area contributed by atoms with Gasteiger partial charge < -0.3 is 5.73 Å². The molecule has 0 aliphatic carbocycles. The Kier molecular flexibility index (Phi) is 2.59. The fourth-order valence-electron chi connectivity index (χ4n) is 2.04. The highest BCUT2D eigenvalue weighted by Gasteiger charge is 2.06. The summed E-state index contributed by atoms with van der Waals surface area (Å²) in [6, 6.07) is 12.0. The van der Waals surface area contributed by atoms with E-state index in [4.69, 9.17) is 5.73 Å². The summed E-state index contributed by atoms with van der Waals surface area (Å²) in [7, 11) is 1.83. The molecule has 0 fully saturated rings. The maximum atomic E-state index is 5.79. The van der Waals surface area contributed by atoms with E-state index < -0.39 is 0 Å². The Morgan fingerprint density at radius 3 is 2.37 bits per heavy atom.